The maximum absolute atomic E-state index is 6.41. The summed E-state index contributed by atoms with van der Waals surface area (Å²) >= 11 is 3.52. The summed E-state index contributed by atoms with van der Waals surface area (Å²) in [5.74, 6) is 0.918. The molecule has 1 aliphatic rings. The van der Waals surface area contributed by atoms with Crippen LogP contribution in [0.25, 0.3) is 0 Å². The van der Waals surface area contributed by atoms with Gasteiger partial charge in [-0.2, -0.15) is 0 Å². The lowest BCUT2D eigenvalue weighted by molar-refractivity contribution is 0.0321. The summed E-state index contributed by atoms with van der Waals surface area (Å²) in [5, 5.41) is 0. The molecule has 0 radical (unpaired) electrons. The van der Waals surface area contributed by atoms with E-state index in [4.69, 9.17) is 10.5 Å². The van der Waals surface area contributed by atoms with Gasteiger partial charge in [-0.05, 0) is 24.1 Å². The summed E-state index contributed by atoms with van der Waals surface area (Å²) in [6, 6.07) is 16.7. The first kappa shape index (κ1) is 14.6. The standard InChI is InChI=1S/C18H20BrNO/c1-2-18(11-13-6-4-3-5-7-13)12-16(20)15-9-8-14(19)10-17(15)21-18/h3-10,16H,2,11-12,20H2,1H3/t16-,18?/m1/s1. The Morgan fingerprint density at radius 2 is 2.00 bits per heavy atom. The van der Waals surface area contributed by atoms with E-state index in [2.05, 4.69) is 53.2 Å². The number of benzene rings is 2. The number of fused-ring (bicyclic) bond motifs is 1. The van der Waals surface area contributed by atoms with Crippen LogP contribution in [0.15, 0.2) is 53.0 Å². The van der Waals surface area contributed by atoms with Gasteiger partial charge in [0, 0.05) is 28.9 Å². The Labute approximate surface area is 134 Å². The van der Waals surface area contributed by atoms with Crippen LogP contribution in [0.4, 0.5) is 0 Å². The minimum absolute atomic E-state index is 0.0329. The van der Waals surface area contributed by atoms with Crippen molar-refractivity contribution in [2.75, 3.05) is 0 Å². The van der Waals surface area contributed by atoms with Crippen LogP contribution < -0.4 is 10.5 Å². The Balaban J connectivity index is 1.94. The van der Waals surface area contributed by atoms with Crippen LogP contribution in [0, 0.1) is 0 Å². The van der Waals surface area contributed by atoms with E-state index in [1.54, 1.807) is 0 Å². The van der Waals surface area contributed by atoms with Gasteiger partial charge in [0.15, 0.2) is 0 Å². The summed E-state index contributed by atoms with van der Waals surface area (Å²) in [6.07, 6.45) is 2.69. The largest absolute Gasteiger partial charge is 0.486 e. The van der Waals surface area contributed by atoms with E-state index in [1.165, 1.54) is 5.56 Å². The molecule has 110 valence electrons. The highest BCUT2D eigenvalue weighted by molar-refractivity contribution is 9.10. The summed E-state index contributed by atoms with van der Waals surface area (Å²) < 4.78 is 7.44. The highest BCUT2D eigenvalue weighted by Gasteiger charge is 2.38. The van der Waals surface area contributed by atoms with Crippen molar-refractivity contribution in [1.29, 1.82) is 0 Å². The van der Waals surface area contributed by atoms with E-state index >= 15 is 0 Å². The van der Waals surface area contributed by atoms with E-state index in [0.717, 1.165) is 35.0 Å². The average Bonchev–Trinajstić information content (AvgIpc) is 2.47. The van der Waals surface area contributed by atoms with Crippen molar-refractivity contribution in [1.82, 2.24) is 0 Å². The van der Waals surface area contributed by atoms with Crippen molar-refractivity contribution in [2.45, 2.75) is 37.8 Å². The van der Waals surface area contributed by atoms with E-state index in [-0.39, 0.29) is 11.6 Å². The Bertz CT molecular complexity index is 628. The van der Waals surface area contributed by atoms with Crippen LogP contribution in [0.3, 0.4) is 0 Å². The van der Waals surface area contributed by atoms with Gasteiger partial charge in [-0.15, -0.1) is 0 Å². The molecule has 3 heteroatoms. The molecule has 0 spiro atoms. The fourth-order valence-electron chi connectivity index (χ4n) is 3.11. The minimum Gasteiger partial charge on any atom is -0.486 e. The molecule has 0 bridgehead atoms. The third kappa shape index (κ3) is 2.99. The first-order valence-corrected chi connectivity index (χ1v) is 8.19. The Kier molecular flexibility index (Phi) is 4.05. The molecule has 0 amide bonds. The lowest BCUT2D eigenvalue weighted by Gasteiger charge is -2.41. The van der Waals surface area contributed by atoms with Crippen LogP contribution in [-0.2, 0) is 6.42 Å². The van der Waals surface area contributed by atoms with Gasteiger partial charge in [0.05, 0.1) is 0 Å². The van der Waals surface area contributed by atoms with Crippen molar-refractivity contribution in [3.8, 4) is 5.75 Å². The number of hydrogen-bond donors (Lipinski definition) is 1. The van der Waals surface area contributed by atoms with E-state index in [0.29, 0.717) is 0 Å². The summed E-state index contributed by atoms with van der Waals surface area (Å²) in [6.45, 7) is 2.18. The van der Waals surface area contributed by atoms with E-state index in [9.17, 15) is 0 Å². The Morgan fingerprint density at radius 3 is 2.71 bits per heavy atom. The van der Waals surface area contributed by atoms with Crippen LogP contribution in [0.1, 0.15) is 36.9 Å². The molecule has 2 aromatic rings. The van der Waals surface area contributed by atoms with Crippen LogP contribution in [0.2, 0.25) is 0 Å². The minimum atomic E-state index is -0.214. The number of hydrogen-bond acceptors (Lipinski definition) is 2. The predicted octanol–water partition coefficient (Wildman–Crippen LogP) is 4.62. The van der Waals surface area contributed by atoms with Gasteiger partial charge in [0.25, 0.3) is 0 Å². The Hall–Kier alpha value is -1.32. The quantitative estimate of drug-likeness (QED) is 0.880. The third-order valence-corrected chi connectivity index (χ3v) is 4.80. The lowest BCUT2D eigenvalue weighted by atomic mass is 9.81. The van der Waals surface area contributed by atoms with Gasteiger partial charge in [-0.25, -0.2) is 0 Å². The van der Waals surface area contributed by atoms with Crippen molar-refractivity contribution in [3.63, 3.8) is 0 Å². The monoisotopic (exact) mass is 345 g/mol. The normalized spacial score (nSPS) is 24.2. The highest BCUT2D eigenvalue weighted by Crippen LogP contribution is 2.42. The van der Waals surface area contributed by atoms with Gasteiger partial charge < -0.3 is 10.5 Å². The zero-order valence-corrected chi connectivity index (χ0v) is 13.8. The molecule has 1 heterocycles. The highest BCUT2D eigenvalue weighted by atomic mass is 79.9. The zero-order valence-electron chi connectivity index (χ0n) is 12.2. The molecule has 2 N–H and O–H groups in total. The molecule has 0 fully saturated rings. The number of nitrogens with two attached hydrogens (primary N) is 1. The first-order chi connectivity index (χ1) is 10.1. The topological polar surface area (TPSA) is 35.2 Å². The van der Waals surface area contributed by atoms with Crippen LogP contribution in [-0.4, -0.2) is 5.60 Å². The Morgan fingerprint density at radius 1 is 1.24 bits per heavy atom. The second-order valence-electron chi connectivity index (χ2n) is 5.79. The van der Waals surface area contributed by atoms with Gasteiger partial charge in [-0.1, -0.05) is 59.3 Å². The average molecular weight is 346 g/mol. The number of ether oxygens (including phenoxy) is 1. The molecule has 1 aliphatic heterocycles. The zero-order chi connectivity index (χ0) is 14.9. The fourth-order valence-corrected chi connectivity index (χ4v) is 3.45. The fraction of sp³-hybridized carbons (Fsp3) is 0.333. The first-order valence-electron chi connectivity index (χ1n) is 7.40. The van der Waals surface area contributed by atoms with Crippen molar-refractivity contribution >= 4 is 15.9 Å². The SMILES string of the molecule is CCC1(Cc2ccccc2)C[C@@H](N)c2ccc(Br)cc2O1. The summed E-state index contributed by atoms with van der Waals surface area (Å²) in [4.78, 5) is 0. The van der Waals surface area contributed by atoms with E-state index in [1.807, 2.05) is 18.2 Å². The molecule has 2 aromatic carbocycles. The van der Waals surface area contributed by atoms with Gasteiger partial charge in [0.1, 0.15) is 11.4 Å². The van der Waals surface area contributed by atoms with Gasteiger partial charge in [-0.3, -0.25) is 0 Å². The van der Waals surface area contributed by atoms with Gasteiger partial charge in [0.2, 0.25) is 0 Å². The molecular weight excluding hydrogens is 326 g/mol. The predicted molar refractivity (Wildman–Crippen MR) is 89.5 cm³/mol. The molecule has 21 heavy (non-hydrogen) atoms. The molecule has 2 atom stereocenters. The molecule has 0 saturated carbocycles. The molecule has 0 saturated heterocycles. The van der Waals surface area contributed by atoms with Crippen molar-refractivity contribution in [3.05, 3.63) is 64.1 Å². The van der Waals surface area contributed by atoms with Gasteiger partial charge >= 0.3 is 0 Å². The summed E-state index contributed by atoms with van der Waals surface area (Å²) in [7, 11) is 0. The van der Waals surface area contributed by atoms with Crippen molar-refractivity contribution < 1.29 is 4.74 Å². The third-order valence-electron chi connectivity index (χ3n) is 4.31. The molecule has 0 aromatic heterocycles. The second-order valence-corrected chi connectivity index (χ2v) is 6.71. The van der Waals surface area contributed by atoms with E-state index < -0.39 is 0 Å². The number of rotatable bonds is 3. The summed E-state index contributed by atoms with van der Waals surface area (Å²) in [5.41, 5.74) is 8.60. The van der Waals surface area contributed by atoms with Crippen molar-refractivity contribution in [2.24, 2.45) is 5.73 Å². The van der Waals surface area contributed by atoms with Crippen LogP contribution in [0.5, 0.6) is 5.75 Å². The lowest BCUT2D eigenvalue weighted by Crippen LogP contribution is -2.44. The maximum Gasteiger partial charge on any atom is 0.126 e. The second kappa shape index (κ2) is 5.82. The molecule has 3 rings (SSSR count). The molecule has 2 nitrogen and oxygen atoms in total. The number of halogens is 1. The smallest absolute Gasteiger partial charge is 0.126 e. The molecule has 1 unspecified atom stereocenters. The van der Waals surface area contributed by atoms with Crippen LogP contribution >= 0.6 is 15.9 Å². The maximum atomic E-state index is 6.41. The molecule has 0 aliphatic carbocycles. The molecular formula is C18H20BrNO.